The smallest absolute Gasteiger partial charge is 0.234 e. The zero-order valence-corrected chi connectivity index (χ0v) is 14.1. The second-order valence-corrected chi connectivity index (χ2v) is 5.90. The number of benzene rings is 2. The zero-order valence-electron chi connectivity index (χ0n) is 13.3. The lowest BCUT2D eigenvalue weighted by Gasteiger charge is -2.07. The van der Waals surface area contributed by atoms with Crippen LogP contribution in [0.1, 0.15) is 0 Å². The summed E-state index contributed by atoms with van der Waals surface area (Å²) < 4.78 is 6.63. The first-order valence-electron chi connectivity index (χ1n) is 7.30. The van der Waals surface area contributed by atoms with E-state index in [1.807, 2.05) is 0 Å². The Bertz CT molecular complexity index is 866. The van der Waals surface area contributed by atoms with Crippen LogP contribution >= 0.6 is 11.8 Å². The van der Waals surface area contributed by atoms with Gasteiger partial charge in [-0.2, -0.15) is 4.68 Å². The monoisotopic (exact) mass is 357 g/mol. The number of rotatable bonds is 6. The molecule has 128 valence electrons. The molecule has 1 amide bonds. The molecule has 8 nitrogen and oxygen atoms in total. The fraction of sp³-hybridized carbons (Fsp3) is 0.125. The highest BCUT2D eigenvalue weighted by atomic mass is 32.2. The summed E-state index contributed by atoms with van der Waals surface area (Å²) in [6.45, 7) is 0. The predicted octanol–water partition coefficient (Wildman–Crippen LogP) is 2.11. The normalized spacial score (nSPS) is 10.4. The molecule has 0 aliphatic heterocycles. The number of nitrogens with zero attached hydrogens (tertiary/aromatic N) is 4. The van der Waals surface area contributed by atoms with E-state index in [-0.39, 0.29) is 17.4 Å². The van der Waals surface area contributed by atoms with Crippen molar-refractivity contribution in [3.05, 3.63) is 48.5 Å². The Morgan fingerprint density at radius 3 is 2.84 bits per heavy atom. The van der Waals surface area contributed by atoms with Gasteiger partial charge in [-0.25, -0.2) is 0 Å². The van der Waals surface area contributed by atoms with E-state index in [1.165, 1.54) is 16.4 Å². The topological polar surface area (TPSA) is 102 Å². The van der Waals surface area contributed by atoms with Crippen molar-refractivity contribution >= 4 is 23.4 Å². The molecule has 3 rings (SSSR count). The van der Waals surface area contributed by atoms with Crippen molar-refractivity contribution in [2.75, 3.05) is 18.2 Å². The van der Waals surface area contributed by atoms with Gasteiger partial charge in [0.1, 0.15) is 11.5 Å². The molecular formula is C16H15N5O3S. The van der Waals surface area contributed by atoms with Gasteiger partial charge in [0.2, 0.25) is 11.1 Å². The molecule has 3 aromatic rings. The van der Waals surface area contributed by atoms with Crippen LogP contribution in [-0.4, -0.2) is 44.1 Å². The van der Waals surface area contributed by atoms with Crippen LogP contribution in [0, 0.1) is 0 Å². The molecule has 0 aliphatic rings. The molecule has 9 heteroatoms. The Hall–Kier alpha value is -3.07. The second kappa shape index (κ2) is 7.67. The fourth-order valence-electron chi connectivity index (χ4n) is 2.05. The van der Waals surface area contributed by atoms with Crippen LogP contribution in [0.15, 0.2) is 53.7 Å². The van der Waals surface area contributed by atoms with Gasteiger partial charge in [0.05, 0.1) is 18.6 Å². The van der Waals surface area contributed by atoms with Crippen LogP contribution in [-0.2, 0) is 4.79 Å². The molecule has 0 bridgehead atoms. The minimum Gasteiger partial charge on any atom is -0.508 e. The number of phenols is 1. The van der Waals surface area contributed by atoms with Gasteiger partial charge in [-0.1, -0.05) is 17.8 Å². The fourth-order valence-corrected chi connectivity index (χ4v) is 2.74. The molecule has 0 radical (unpaired) electrons. The average Bonchev–Trinajstić information content (AvgIpc) is 3.09. The van der Waals surface area contributed by atoms with E-state index in [4.69, 9.17) is 4.74 Å². The highest BCUT2D eigenvalue weighted by Gasteiger charge is 2.12. The number of thioether (sulfide) groups is 1. The Labute approximate surface area is 147 Å². The van der Waals surface area contributed by atoms with Crippen LogP contribution in [0.4, 0.5) is 5.69 Å². The average molecular weight is 357 g/mol. The summed E-state index contributed by atoms with van der Waals surface area (Å²) in [5, 5.41) is 24.1. The molecule has 2 aromatic carbocycles. The van der Waals surface area contributed by atoms with E-state index in [9.17, 15) is 9.90 Å². The van der Waals surface area contributed by atoms with E-state index in [1.54, 1.807) is 55.6 Å². The summed E-state index contributed by atoms with van der Waals surface area (Å²) in [4.78, 5) is 12.1. The number of amides is 1. The number of ether oxygens (including phenoxy) is 1. The molecule has 0 atom stereocenters. The molecule has 0 unspecified atom stereocenters. The number of tetrazole rings is 1. The van der Waals surface area contributed by atoms with Gasteiger partial charge in [0, 0.05) is 11.8 Å². The summed E-state index contributed by atoms with van der Waals surface area (Å²) in [5.41, 5.74) is 1.35. The first-order chi connectivity index (χ1) is 12.2. The van der Waals surface area contributed by atoms with Gasteiger partial charge in [-0.3, -0.25) is 4.79 Å². The number of hydrogen-bond donors (Lipinski definition) is 2. The molecule has 0 aliphatic carbocycles. The third-order valence-electron chi connectivity index (χ3n) is 3.22. The molecule has 25 heavy (non-hydrogen) atoms. The Balaban J connectivity index is 1.63. The summed E-state index contributed by atoms with van der Waals surface area (Å²) in [7, 11) is 1.57. The number of aromatic nitrogens is 4. The van der Waals surface area contributed by atoms with Crippen molar-refractivity contribution in [2.24, 2.45) is 0 Å². The van der Waals surface area contributed by atoms with Crippen molar-refractivity contribution in [1.82, 2.24) is 20.2 Å². The van der Waals surface area contributed by atoms with E-state index < -0.39 is 0 Å². The predicted molar refractivity (Wildman–Crippen MR) is 93.2 cm³/mol. The van der Waals surface area contributed by atoms with Crippen molar-refractivity contribution in [1.29, 1.82) is 0 Å². The van der Waals surface area contributed by atoms with E-state index in [0.29, 0.717) is 22.3 Å². The number of nitrogens with one attached hydrogen (secondary N) is 1. The number of carbonyl (C=O) groups excluding carboxylic acids is 1. The van der Waals surface area contributed by atoms with E-state index in [2.05, 4.69) is 20.8 Å². The van der Waals surface area contributed by atoms with Crippen LogP contribution in [0.5, 0.6) is 11.5 Å². The SMILES string of the molecule is COc1cccc(NC(=O)CSc2nnnn2-c2ccc(O)cc2)c1. The lowest BCUT2D eigenvalue weighted by Crippen LogP contribution is -2.14. The third-order valence-corrected chi connectivity index (χ3v) is 4.14. The lowest BCUT2D eigenvalue weighted by atomic mass is 10.3. The van der Waals surface area contributed by atoms with E-state index >= 15 is 0 Å². The quantitative estimate of drug-likeness (QED) is 0.651. The summed E-state index contributed by atoms with van der Waals surface area (Å²) in [6, 6.07) is 13.6. The van der Waals surface area contributed by atoms with Crippen molar-refractivity contribution in [2.45, 2.75) is 5.16 Å². The number of anilines is 1. The van der Waals surface area contributed by atoms with Crippen molar-refractivity contribution in [3.63, 3.8) is 0 Å². The number of methoxy groups -OCH3 is 1. The zero-order chi connectivity index (χ0) is 17.6. The minimum atomic E-state index is -0.182. The standard InChI is InChI=1S/C16H15N5O3S/c1-24-14-4-2-3-11(9-14)17-15(23)10-25-16-18-19-20-21(16)12-5-7-13(22)8-6-12/h2-9,22H,10H2,1H3,(H,17,23). The Kier molecular flexibility index (Phi) is 5.14. The molecular weight excluding hydrogens is 342 g/mol. The maximum absolute atomic E-state index is 12.1. The Morgan fingerprint density at radius 2 is 2.08 bits per heavy atom. The first kappa shape index (κ1) is 16.8. The van der Waals surface area contributed by atoms with Gasteiger partial charge in [-0.05, 0) is 46.8 Å². The number of hydrogen-bond acceptors (Lipinski definition) is 7. The number of aromatic hydroxyl groups is 1. The van der Waals surface area contributed by atoms with Crippen LogP contribution in [0.2, 0.25) is 0 Å². The maximum atomic E-state index is 12.1. The molecule has 1 aromatic heterocycles. The van der Waals surface area contributed by atoms with Crippen LogP contribution < -0.4 is 10.1 Å². The van der Waals surface area contributed by atoms with Gasteiger partial charge in [0.15, 0.2) is 0 Å². The largest absolute Gasteiger partial charge is 0.508 e. The highest BCUT2D eigenvalue weighted by Crippen LogP contribution is 2.21. The lowest BCUT2D eigenvalue weighted by molar-refractivity contribution is -0.113. The summed E-state index contributed by atoms with van der Waals surface area (Å²) in [6.07, 6.45) is 0. The number of phenolic OH excluding ortho intramolecular Hbond substituents is 1. The molecule has 0 spiro atoms. The third kappa shape index (κ3) is 4.27. The minimum absolute atomic E-state index is 0.148. The van der Waals surface area contributed by atoms with Gasteiger partial charge in [-0.15, -0.1) is 5.10 Å². The van der Waals surface area contributed by atoms with Gasteiger partial charge >= 0.3 is 0 Å². The van der Waals surface area contributed by atoms with Crippen molar-refractivity contribution in [3.8, 4) is 17.2 Å². The van der Waals surface area contributed by atoms with Gasteiger partial charge < -0.3 is 15.2 Å². The molecule has 0 saturated heterocycles. The van der Waals surface area contributed by atoms with Crippen LogP contribution in [0.3, 0.4) is 0 Å². The molecule has 1 heterocycles. The first-order valence-corrected chi connectivity index (χ1v) is 8.29. The summed E-state index contributed by atoms with van der Waals surface area (Å²) in [5.74, 6) is 0.791. The Morgan fingerprint density at radius 1 is 1.28 bits per heavy atom. The van der Waals surface area contributed by atoms with Crippen molar-refractivity contribution < 1.29 is 14.6 Å². The number of carbonyl (C=O) groups is 1. The summed E-state index contributed by atoms with van der Waals surface area (Å²) >= 11 is 1.21. The molecule has 0 saturated carbocycles. The molecule has 0 fully saturated rings. The molecule has 2 N–H and O–H groups in total. The van der Waals surface area contributed by atoms with Crippen LogP contribution in [0.25, 0.3) is 5.69 Å². The maximum Gasteiger partial charge on any atom is 0.234 e. The second-order valence-electron chi connectivity index (χ2n) is 4.96. The van der Waals surface area contributed by atoms with Gasteiger partial charge in [0.25, 0.3) is 0 Å². The highest BCUT2D eigenvalue weighted by molar-refractivity contribution is 7.99. The van der Waals surface area contributed by atoms with E-state index in [0.717, 1.165) is 0 Å².